The fraction of sp³-hybridized carbons (Fsp3) is 0.316. The van der Waals surface area contributed by atoms with Crippen LogP contribution in [0.2, 0.25) is 0 Å². The SMILES string of the molecule is CC(=O)Nc1cccc(C(=O)Nc2sc3c(c2C(N)=O)CCC(C)C3)c1. The van der Waals surface area contributed by atoms with Gasteiger partial charge in [-0.3, -0.25) is 14.4 Å². The molecule has 1 aliphatic carbocycles. The van der Waals surface area contributed by atoms with Crippen molar-refractivity contribution in [2.75, 3.05) is 10.6 Å². The smallest absolute Gasteiger partial charge is 0.256 e. The standard InChI is InChI=1S/C19H21N3O3S/c1-10-6-7-14-15(8-10)26-19(16(14)17(20)24)22-18(25)12-4-3-5-13(9-12)21-11(2)23/h3-5,9-10H,6-8H2,1-2H3,(H2,20,24)(H,21,23)(H,22,25). The van der Waals surface area contributed by atoms with Crippen LogP contribution in [0, 0.1) is 5.92 Å². The van der Waals surface area contributed by atoms with Crippen molar-refractivity contribution in [3.63, 3.8) is 0 Å². The Morgan fingerprint density at radius 1 is 1.23 bits per heavy atom. The Hall–Kier alpha value is -2.67. The lowest BCUT2D eigenvalue weighted by Gasteiger charge is -2.18. The van der Waals surface area contributed by atoms with E-state index in [0.717, 1.165) is 29.7 Å². The molecular formula is C19H21N3O3S. The van der Waals surface area contributed by atoms with Crippen LogP contribution in [0.3, 0.4) is 0 Å². The Kier molecular flexibility index (Phi) is 5.08. The normalized spacial score (nSPS) is 15.8. The van der Waals surface area contributed by atoms with Gasteiger partial charge in [0.1, 0.15) is 5.00 Å². The Labute approximate surface area is 155 Å². The number of fused-ring (bicyclic) bond motifs is 1. The van der Waals surface area contributed by atoms with Gasteiger partial charge in [-0.1, -0.05) is 13.0 Å². The predicted molar refractivity (Wildman–Crippen MR) is 103 cm³/mol. The van der Waals surface area contributed by atoms with Crippen LogP contribution in [0.4, 0.5) is 10.7 Å². The van der Waals surface area contributed by atoms with Crippen molar-refractivity contribution in [3.8, 4) is 0 Å². The van der Waals surface area contributed by atoms with Crippen LogP contribution in [0.25, 0.3) is 0 Å². The Morgan fingerprint density at radius 3 is 2.69 bits per heavy atom. The lowest BCUT2D eigenvalue weighted by atomic mass is 9.88. The number of primary amides is 1. The first-order valence-electron chi connectivity index (χ1n) is 8.48. The summed E-state index contributed by atoms with van der Waals surface area (Å²) >= 11 is 1.43. The van der Waals surface area contributed by atoms with E-state index >= 15 is 0 Å². The van der Waals surface area contributed by atoms with Gasteiger partial charge in [0.05, 0.1) is 5.56 Å². The molecule has 1 atom stereocenters. The molecule has 2 aromatic rings. The second kappa shape index (κ2) is 7.29. The highest BCUT2D eigenvalue weighted by molar-refractivity contribution is 7.17. The van der Waals surface area contributed by atoms with Crippen LogP contribution in [0.1, 0.15) is 51.4 Å². The van der Waals surface area contributed by atoms with Gasteiger partial charge in [-0.2, -0.15) is 0 Å². The van der Waals surface area contributed by atoms with Crippen LogP contribution >= 0.6 is 11.3 Å². The van der Waals surface area contributed by atoms with Crippen LogP contribution in [-0.4, -0.2) is 17.7 Å². The topological polar surface area (TPSA) is 101 Å². The molecule has 0 radical (unpaired) electrons. The Balaban J connectivity index is 1.88. The first-order valence-corrected chi connectivity index (χ1v) is 9.30. The van der Waals surface area contributed by atoms with Crippen molar-refractivity contribution in [1.82, 2.24) is 0 Å². The summed E-state index contributed by atoms with van der Waals surface area (Å²) in [5.74, 6) is -0.510. The van der Waals surface area contributed by atoms with Crippen molar-refractivity contribution in [3.05, 3.63) is 45.8 Å². The maximum atomic E-state index is 12.6. The molecule has 1 heterocycles. The van der Waals surface area contributed by atoms with Crippen LogP contribution < -0.4 is 16.4 Å². The third kappa shape index (κ3) is 3.77. The summed E-state index contributed by atoms with van der Waals surface area (Å²) < 4.78 is 0. The number of rotatable bonds is 4. The highest BCUT2D eigenvalue weighted by atomic mass is 32.1. The number of hydrogen-bond acceptors (Lipinski definition) is 4. The minimum absolute atomic E-state index is 0.210. The van der Waals surface area contributed by atoms with Gasteiger partial charge in [-0.25, -0.2) is 0 Å². The molecule has 3 rings (SSSR count). The zero-order chi connectivity index (χ0) is 18.8. The lowest BCUT2D eigenvalue weighted by molar-refractivity contribution is -0.114. The van der Waals surface area contributed by atoms with Gasteiger partial charge < -0.3 is 16.4 Å². The molecule has 0 fully saturated rings. The van der Waals surface area contributed by atoms with Gasteiger partial charge in [0.2, 0.25) is 5.91 Å². The molecule has 3 amide bonds. The maximum Gasteiger partial charge on any atom is 0.256 e. The molecule has 1 unspecified atom stereocenters. The van der Waals surface area contributed by atoms with Gasteiger partial charge in [-0.15, -0.1) is 11.3 Å². The summed E-state index contributed by atoms with van der Waals surface area (Å²) in [6.45, 7) is 3.58. The van der Waals surface area contributed by atoms with E-state index in [2.05, 4.69) is 17.6 Å². The Morgan fingerprint density at radius 2 is 2.00 bits per heavy atom. The molecular weight excluding hydrogens is 350 g/mol. The van der Waals surface area contributed by atoms with Crippen molar-refractivity contribution in [2.24, 2.45) is 11.7 Å². The first kappa shape index (κ1) is 18.1. The highest BCUT2D eigenvalue weighted by Crippen LogP contribution is 2.39. The summed E-state index contributed by atoms with van der Waals surface area (Å²) in [6, 6.07) is 6.64. The third-order valence-electron chi connectivity index (χ3n) is 4.43. The van der Waals surface area contributed by atoms with Crippen molar-refractivity contribution in [1.29, 1.82) is 0 Å². The molecule has 1 aliphatic rings. The molecule has 1 aromatic carbocycles. The van der Waals surface area contributed by atoms with E-state index in [-0.39, 0.29) is 11.8 Å². The quantitative estimate of drug-likeness (QED) is 0.769. The number of amides is 3. The molecule has 4 N–H and O–H groups in total. The van der Waals surface area contributed by atoms with E-state index in [1.807, 2.05) is 0 Å². The van der Waals surface area contributed by atoms with Crippen molar-refractivity contribution >= 4 is 39.7 Å². The summed E-state index contributed by atoms with van der Waals surface area (Å²) in [5.41, 5.74) is 7.92. The largest absolute Gasteiger partial charge is 0.365 e. The zero-order valence-electron chi connectivity index (χ0n) is 14.7. The lowest BCUT2D eigenvalue weighted by Crippen LogP contribution is -2.19. The summed E-state index contributed by atoms with van der Waals surface area (Å²) in [5, 5.41) is 5.98. The van der Waals surface area contributed by atoms with Crippen molar-refractivity contribution in [2.45, 2.75) is 33.1 Å². The number of anilines is 2. The number of thiophene rings is 1. The van der Waals surface area contributed by atoms with E-state index in [0.29, 0.717) is 27.7 Å². The Bertz CT molecular complexity index is 888. The van der Waals surface area contributed by atoms with Crippen LogP contribution in [0.15, 0.2) is 24.3 Å². The van der Waals surface area contributed by atoms with E-state index in [1.54, 1.807) is 24.3 Å². The molecule has 0 bridgehead atoms. The average Bonchev–Trinajstić information content (AvgIpc) is 2.91. The summed E-state index contributed by atoms with van der Waals surface area (Å²) in [6.07, 6.45) is 2.71. The fourth-order valence-electron chi connectivity index (χ4n) is 3.22. The summed E-state index contributed by atoms with van der Waals surface area (Å²) in [4.78, 5) is 36.9. The van der Waals surface area contributed by atoms with Gasteiger partial charge in [0, 0.05) is 23.1 Å². The van der Waals surface area contributed by atoms with E-state index < -0.39 is 5.91 Å². The molecule has 1 aromatic heterocycles. The molecule has 136 valence electrons. The number of carbonyl (C=O) groups is 3. The van der Waals surface area contributed by atoms with Gasteiger partial charge in [0.15, 0.2) is 0 Å². The number of carbonyl (C=O) groups excluding carboxylic acids is 3. The molecule has 26 heavy (non-hydrogen) atoms. The number of benzene rings is 1. The monoisotopic (exact) mass is 371 g/mol. The molecule has 7 heteroatoms. The van der Waals surface area contributed by atoms with Crippen molar-refractivity contribution < 1.29 is 14.4 Å². The maximum absolute atomic E-state index is 12.6. The number of hydrogen-bond donors (Lipinski definition) is 3. The van der Waals surface area contributed by atoms with Gasteiger partial charge >= 0.3 is 0 Å². The van der Waals surface area contributed by atoms with E-state index in [1.165, 1.54) is 18.3 Å². The van der Waals surface area contributed by atoms with Gasteiger partial charge in [0.25, 0.3) is 11.8 Å². The second-order valence-electron chi connectivity index (χ2n) is 6.64. The highest BCUT2D eigenvalue weighted by Gasteiger charge is 2.27. The van der Waals surface area contributed by atoms with Crippen LogP contribution in [0.5, 0.6) is 0 Å². The van der Waals surface area contributed by atoms with Crippen LogP contribution in [-0.2, 0) is 17.6 Å². The third-order valence-corrected chi connectivity index (χ3v) is 5.60. The molecule has 0 spiro atoms. The minimum atomic E-state index is -0.514. The average molecular weight is 371 g/mol. The summed E-state index contributed by atoms with van der Waals surface area (Å²) in [7, 11) is 0. The number of nitrogens with two attached hydrogens (primary N) is 1. The predicted octanol–water partition coefficient (Wildman–Crippen LogP) is 3.18. The fourth-order valence-corrected chi connectivity index (χ4v) is 4.63. The molecule has 0 saturated heterocycles. The zero-order valence-corrected chi connectivity index (χ0v) is 15.5. The number of nitrogens with one attached hydrogen (secondary N) is 2. The second-order valence-corrected chi connectivity index (χ2v) is 7.74. The first-order chi connectivity index (χ1) is 12.3. The molecule has 0 aliphatic heterocycles. The molecule has 6 nitrogen and oxygen atoms in total. The van der Waals surface area contributed by atoms with E-state index in [4.69, 9.17) is 5.73 Å². The van der Waals surface area contributed by atoms with Gasteiger partial charge in [-0.05, 0) is 48.9 Å². The minimum Gasteiger partial charge on any atom is -0.365 e. The molecule has 0 saturated carbocycles. The van der Waals surface area contributed by atoms with E-state index in [9.17, 15) is 14.4 Å².